The van der Waals surface area contributed by atoms with Gasteiger partial charge in [-0.25, -0.2) is 9.97 Å². The van der Waals surface area contributed by atoms with Gasteiger partial charge in [0.15, 0.2) is 5.82 Å². The Kier molecular flexibility index (Phi) is 2.84. The van der Waals surface area contributed by atoms with E-state index in [0.29, 0.717) is 11.0 Å². The number of aromatic nitrogens is 3. The van der Waals surface area contributed by atoms with Gasteiger partial charge < -0.3 is 0 Å². The van der Waals surface area contributed by atoms with Crippen LogP contribution >= 0.6 is 27.5 Å². The van der Waals surface area contributed by atoms with Crippen molar-refractivity contribution in [2.45, 2.75) is 19.3 Å². The average molecular weight is 311 g/mol. The zero-order valence-electron chi connectivity index (χ0n) is 8.95. The van der Waals surface area contributed by atoms with Crippen molar-refractivity contribution < 1.29 is 0 Å². The minimum atomic E-state index is 0.586. The number of nitrogens with zero attached hydrogens (tertiary/aromatic N) is 3. The molecule has 0 unspecified atom stereocenters. The zero-order chi connectivity index (χ0) is 11.8. The molecular weight excluding hydrogens is 302 g/mol. The number of fused-ring (bicyclic) bond motifs is 1. The van der Waals surface area contributed by atoms with Crippen molar-refractivity contribution in [3.8, 4) is 11.4 Å². The second-order valence-corrected chi connectivity index (χ2v) is 5.28. The third-order valence-electron chi connectivity index (χ3n) is 2.85. The smallest absolute Gasteiger partial charge is 0.162 e. The molecule has 3 rings (SSSR count). The minimum absolute atomic E-state index is 0.586. The molecule has 0 saturated carbocycles. The van der Waals surface area contributed by atoms with Crippen LogP contribution in [0.25, 0.3) is 11.4 Å². The first-order chi connectivity index (χ1) is 8.24. The Morgan fingerprint density at radius 2 is 2.06 bits per heavy atom. The SMILES string of the molecule is Clc1nc(-c2cncc(Br)c2)nc2c1CCC2. The molecule has 3 nitrogen and oxygen atoms in total. The van der Waals surface area contributed by atoms with Gasteiger partial charge in [0.1, 0.15) is 5.15 Å². The molecule has 0 fully saturated rings. The summed E-state index contributed by atoms with van der Waals surface area (Å²) in [7, 11) is 0. The summed E-state index contributed by atoms with van der Waals surface area (Å²) < 4.78 is 0.912. The molecular formula is C12H9BrClN3. The number of pyridine rings is 1. The first-order valence-corrected chi connectivity index (χ1v) is 6.57. The van der Waals surface area contributed by atoms with Crippen LogP contribution in [0.1, 0.15) is 17.7 Å². The van der Waals surface area contributed by atoms with Gasteiger partial charge in [-0.15, -0.1) is 0 Å². The lowest BCUT2D eigenvalue weighted by molar-refractivity contribution is 0.900. The largest absolute Gasteiger partial charge is 0.263 e. The van der Waals surface area contributed by atoms with Gasteiger partial charge in [0.05, 0.1) is 0 Å². The number of hydrogen-bond donors (Lipinski definition) is 0. The van der Waals surface area contributed by atoms with Crippen LogP contribution in [0, 0.1) is 0 Å². The molecule has 86 valence electrons. The lowest BCUT2D eigenvalue weighted by Crippen LogP contribution is -1.97. The molecule has 0 spiro atoms. The molecule has 2 heterocycles. The Balaban J connectivity index is 2.13. The molecule has 0 atom stereocenters. The van der Waals surface area contributed by atoms with E-state index >= 15 is 0 Å². The van der Waals surface area contributed by atoms with Crippen LogP contribution < -0.4 is 0 Å². The summed E-state index contributed by atoms with van der Waals surface area (Å²) in [6, 6.07) is 1.94. The maximum atomic E-state index is 6.18. The zero-order valence-corrected chi connectivity index (χ0v) is 11.3. The predicted molar refractivity (Wildman–Crippen MR) is 70.0 cm³/mol. The number of aryl methyl sites for hydroxylation is 1. The van der Waals surface area contributed by atoms with Crippen LogP contribution in [0.5, 0.6) is 0 Å². The van der Waals surface area contributed by atoms with E-state index in [0.717, 1.165) is 40.6 Å². The van der Waals surface area contributed by atoms with Crippen molar-refractivity contribution >= 4 is 27.5 Å². The number of rotatable bonds is 1. The second kappa shape index (κ2) is 4.35. The van der Waals surface area contributed by atoms with Gasteiger partial charge >= 0.3 is 0 Å². The van der Waals surface area contributed by atoms with E-state index in [2.05, 4.69) is 30.9 Å². The van der Waals surface area contributed by atoms with E-state index in [-0.39, 0.29) is 0 Å². The summed E-state index contributed by atoms with van der Waals surface area (Å²) >= 11 is 9.57. The number of halogens is 2. The maximum absolute atomic E-state index is 6.18. The van der Waals surface area contributed by atoms with Crippen LogP contribution in [0.4, 0.5) is 0 Å². The van der Waals surface area contributed by atoms with E-state index in [1.165, 1.54) is 0 Å². The first kappa shape index (κ1) is 11.1. The second-order valence-electron chi connectivity index (χ2n) is 4.01. The lowest BCUT2D eigenvalue weighted by atomic mass is 10.2. The molecule has 2 aromatic rings. The molecule has 0 N–H and O–H groups in total. The fourth-order valence-electron chi connectivity index (χ4n) is 2.05. The van der Waals surface area contributed by atoms with Gasteiger partial charge in [-0.1, -0.05) is 11.6 Å². The summed E-state index contributed by atoms with van der Waals surface area (Å²) in [6.45, 7) is 0. The molecule has 0 aliphatic heterocycles. The van der Waals surface area contributed by atoms with Crippen LogP contribution in [0.3, 0.4) is 0 Å². The molecule has 1 aliphatic rings. The Labute approximate surface area is 112 Å². The summed E-state index contributed by atoms with van der Waals surface area (Å²) in [4.78, 5) is 13.0. The van der Waals surface area contributed by atoms with E-state index < -0.39 is 0 Å². The topological polar surface area (TPSA) is 38.7 Å². The Bertz CT molecular complexity index is 586. The van der Waals surface area contributed by atoms with Crippen molar-refractivity contribution in [1.29, 1.82) is 0 Å². The lowest BCUT2D eigenvalue weighted by Gasteiger charge is -2.05. The van der Waals surface area contributed by atoms with Gasteiger partial charge in [0, 0.05) is 33.7 Å². The van der Waals surface area contributed by atoms with E-state index in [1.54, 1.807) is 12.4 Å². The molecule has 0 saturated heterocycles. The minimum Gasteiger partial charge on any atom is -0.263 e. The monoisotopic (exact) mass is 309 g/mol. The third kappa shape index (κ3) is 2.07. The van der Waals surface area contributed by atoms with Crippen molar-refractivity contribution in [2.24, 2.45) is 0 Å². The van der Waals surface area contributed by atoms with Crippen LogP contribution in [0.15, 0.2) is 22.9 Å². The molecule has 1 aliphatic carbocycles. The molecule has 0 bridgehead atoms. The van der Waals surface area contributed by atoms with E-state index in [4.69, 9.17) is 11.6 Å². The van der Waals surface area contributed by atoms with Crippen molar-refractivity contribution in [2.75, 3.05) is 0 Å². The van der Waals surface area contributed by atoms with E-state index in [1.807, 2.05) is 6.07 Å². The summed E-state index contributed by atoms with van der Waals surface area (Å²) in [6.07, 6.45) is 6.58. The van der Waals surface area contributed by atoms with Crippen LogP contribution in [-0.2, 0) is 12.8 Å². The summed E-state index contributed by atoms with van der Waals surface area (Å²) in [5.41, 5.74) is 3.08. The van der Waals surface area contributed by atoms with Gasteiger partial charge in [-0.2, -0.15) is 0 Å². The quantitative estimate of drug-likeness (QED) is 0.757. The van der Waals surface area contributed by atoms with E-state index in [9.17, 15) is 0 Å². The van der Waals surface area contributed by atoms with Crippen LogP contribution in [-0.4, -0.2) is 15.0 Å². The summed E-state index contributed by atoms with van der Waals surface area (Å²) in [5.74, 6) is 0.657. The highest BCUT2D eigenvalue weighted by Crippen LogP contribution is 2.29. The molecule has 0 amide bonds. The Morgan fingerprint density at radius 1 is 1.18 bits per heavy atom. The average Bonchev–Trinajstić information content (AvgIpc) is 2.77. The van der Waals surface area contributed by atoms with Gasteiger partial charge in [-0.3, -0.25) is 4.98 Å². The maximum Gasteiger partial charge on any atom is 0.162 e. The highest BCUT2D eigenvalue weighted by atomic mass is 79.9. The van der Waals surface area contributed by atoms with Gasteiger partial charge in [-0.05, 0) is 41.3 Å². The van der Waals surface area contributed by atoms with Crippen molar-refractivity contribution in [1.82, 2.24) is 15.0 Å². The number of hydrogen-bond acceptors (Lipinski definition) is 3. The van der Waals surface area contributed by atoms with Crippen LogP contribution in [0.2, 0.25) is 5.15 Å². The Morgan fingerprint density at radius 3 is 2.88 bits per heavy atom. The van der Waals surface area contributed by atoms with Crippen molar-refractivity contribution in [3.05, 3.63) is 39.3 Å². The molecule has 0 radical (unpaired) electrons. The predicted octanol–water partition coefficient (Wildman–Crippen LogP) is 3.44. The third-order valence-corrected chi connectivity index (χ3v) is 3.59. The van der Waals surface area contributed by atoms with Gasteiger partial charge in [0.25, 0.3) is 0 Å². The molecule has 17 heavy (non-hydrogen) atoms. The Hall–Kier alpha value is -1.00. The van der Waals surface area contributed by atoms with Gasteiger partial charge in [0.2, 0.25) is 0 Å². The fraction of sp³-hybridized carbons (Fsp3) is 0.250. The fourth-order valence-corrected chi connectivity index (χ4v) is 2.70. The summed E-state index contributed by atoms with van der Waals surface area (Å²) in [5, 5.41) is 0.586. The molecule has 5 heteroatoms. The van der Waals surface area contributed by atoms with Crippen molar-refractivity contribution in [3.63, 3.8) is 0 Å². The molecule has 0 aromatic carbocycles. The normalized spacial score (nSPS) is 13.8. The molecule has 2 aromatic heterocycles. The highest BCUT2D eigenvalue weighted by Gasteiger charge is 2.18. The first-order valence-electron chi connectivity index (χ1n) is 5.40. The standard InChI is InChI=1S/C12H9BrClN3/c13-8-4-7(5-15-6-8)12-16-10-3-1-2-9(10)11(14)17-12/h4-6H,1-3H2. The highest BCUT2D eigenvalue weighted by molar-refractivity contribution is 9.10.